The highest BCUT2D eigenvalue weighted by Gasteiger charge is 2.22. The topological polar surface area (TPSA) is 80.6 Å². The van der Waals surface area contributed by atoms with Crippen molar-refractivity contribution >= 4 is 5.91 Å². The molecule has 1 heterocycles. The van der Waals surface area contributed by atoms with Crippen molar-refractivity contribution in [3.05, 3.63) is 53.1 Å². The second kappa shape index (κ2) is 8.45. The van der Waals surface area contributed by atoms with Crippen LogP contribution in [0.25, 0.3) is 0 Å². The minimum Gasteiger partial charge on any atom is -0.494 e. The Labute approximate surface area is 158 Å². The van der Waals surface area contributed by atoms with E-state index in [9.17, 15) is 4.79 Å². The number of hydrogen-bond acceptors (Lipinski definition) is 5. The number of rotatable bonds is 7. The molecule has 6 heteroatoms. The van der Waals surface area contributed by atoms with Crippen molar-refractivity contribution in [2.24, 2.45) is 0 Å². The average molecular weight is 366 g/mol. The van der Waals surface area contributed by atoms with Gasteiger partial charge in [0.05, 0.1) is 18.2 Å². The van der Waals surface area contributed by atoms with Crippen molar-refractivity contribution in [1.82, 2.24) is 5.32 Å². The number of fused-ring (bicyclic) bond motifs is 1. The summed E-state index contributed by atoms with van der Waals surface area (Å²) < 4.78 is 17.0. The molecule has 1 aliphatic heterocycles. The van der Waals surface area contributed by atoms with Crippen LogP contribution >= 0.6 is 0 Å². The summed E-state index contributed by atoms with van der Waals surface area (Å²) in [5, 5.41) is 11.7. The van der Waals surface area contributed by atoms with Crippen molar-refractivity contribution in [3.8, 4) is 23.3 Å². The molecular formula is C21H22N2O4. The van der Waals surface area contributed by atoms with Gasteiger partial charge in [0.1, 0.15) is 23.4 Å². The maximum atomic E-state index is 12.1. The smallest absolute Gasteiger partial charge is 0.258 e. The van der Waals surface area contributed by atoms with Crippen molar-refractivity contribution in [3.63, 3.8) is 0 Å². The number of nitrogens with zero attached hydrogens (tertiary/aromatic N) is 1. The lowest BCUT2D eigenvalue weighted by atomic mass is 10.1. The summed E-state index contributed by atoms with van der Waals surface area (Å²) in [6.07, 6.45) is 1.01. The number of ether oxygens (including phenoxy) is 3. The lowest BCUT2D eigenvalue weighted by Crippen LogP contribution is -2.28. The molecule has 2 aromatic carbocycles. The van der Waals surface area contributed by atoms with E-state index in [1.54, 1.807) is 24.3 Å². The van der Waals surface area contributed by atoms with Crippen molar-refractivity contribution < 1.29 is 19.0 Å². The Hall–Kier alpha value is -3.20. The summed E-state index contributed by atoms with van der Waals surface area (Å²) in [7, 11) is 0. The lowest BCUT2D eigenvalue weighted by Gasteiger charge is -2.13. The van der Waals surface area contributed by atoms with Gasteiger partial charge in [-0.15, -0.1) is 0 Å². The van der Waals surface area contributed by atoms with E-state index in [0.717, 1.165) is 29.0 Å². The molecule has 1 aliphatic rings. The number of nitrogens with one attached hydrogen (secondary N) is 1. The van der Waals surface area contributed by atoms with Crippen LogP contribution in [0.15, 0.2) is 36.4 Å². The van der Waals surface area contributed by atoms with Crippen LogP contribution in [0, 0.1) is 11.3 Å². The maximum Gasteiger partial charge on any atom is 0.258 e. The van der Waals surface area contributed by atoms with Gasteiger partial charge >= 0.3 is 0 Å². The van der Waals surface area contributed by atoms with Gasteiger partial charge in [0.25, 0.3) is 5.91 Å². The van der Waals surface area contributed by atoms with Gasteiger partial charge in [-0.3, -0.25) is 4.79 Å². The number of hydrogen-bond donors (Lipinski definition) is 1. The van der Waals surface area contributed by atoms with Gasteiger partial charge in [-0.25, -0.2) is 0 Å². The molecule has 1 atom stereocenters. The molecule has 0 spiro atoms. The predicted molar refractivity (Wildman–Crippen MR) is 99.9 cm³/mol. The number of nitriles is 1. The molecule has 2 aromatic rings. The molecule has 6 nitrogen and oxygen atoms in total. The third kappa shape index (κ3) is 4.70. The van der Waals surface area contributed by atoms with Crippen molar-refractivity contribution in [2.75, 3.05) is 13.2 Å². The van der Waals surface area contributed by atoms with E-state index in [4.69, 9.17) is 19.5 Å². The molecule has 0 bridgehead atoms. The van der Waals surface area contributed by atoms with E-state index < -0.39 is 0 Å². The van der Waals surface area contributed by atoms with Gasteiger partial charge in [0, 0.05) is 24.1 Å². The monoisotopic (exact) mass is 366 g/mol. The Kier molecular flexibility index (Phi) is 5.82. The molecule has 0 unspecified atom stereocenters. The highest BCUT2D eigenvalue weighted by molar-refractivity contribution is 5.77. The van der Waals surface area contributed by atoms with Gasteiger partial charge < -0.3 is 19.5 Å². The van der Waals surface area contributed by atoms with E-state index in [1.165, 1.54) is 0 Å². The van der Waals surface area contributed by atoms with Gasteiger partial charge in [0.15, 0.2) is 6.61 Å². The first-order valence-electron chi connectivity index (χ1n) is 8.94. The summed E-state index contributed by atoms with van der Waals surface area (Å²) >= 11 is 0. The molecule has 0 radical (unpaired) electrons. The van der Waals surface area contributed by atoms with Crippen molar-refractivity contribution in [2.45, 2.75) is 32.9 Å². The molecule has 0 aromatic heterocycles. The fraction of sp³-hybridized carbons (Fsp3) is 0.333. The minimum atomic E-state index is -0.255. The van der Waals surface area contributed by atoms with E-state index in [2.05, 4.69) is 5.32 Å². The zero-order valence-corrected chi connectivity index (χ0v) is 15.5. The molecule has 27 heavy (non-hydrogen) atoms. The second-order valence-corrected chi connectivity index (χ2v) is 6.34. The van der Waals surface area contributed by atoms with Gasteiger partial charge in [-0.2, -0.15) is 5.26 Å². The van der Waals surface area contributed by atoms with Gasteiger partial charge in [0.2, 0.25) is 0 Å². The molecule has 0 aliphatic carbocycles. The summed E-state index contributed by atoms with van der Waals surface area (Å²) in [6, 6.07) is 12.7. The largest absolute Gasteiger partial charge is 0.494 e. The summed E-state index contributed by atoms with van der Waals surface area (Å²) in [6.45, 7) is 4.70. The molecule has 3 rings (SSSR count). The third-order valence-corrected chi connectivity index (χ3v) is 4.19. The Morgan fingerprint density at radius 3 is 2.96 bits per heavy atom. The molecular weight excluding hydrogens is 344 g/mol. The Balaban J connectivity index is 1.59. The van der Waals surface area contributed by atoms with Crippen LogP contribution in [0.2, 0.25) is 0 Å². The Morgan fingerprint density at radius 1 is 1.33 bits per heavy atom. The predicted octanol–water partition coefficient (Wildman–Crippen LogP) is 2.98. The molecule has 140 valence electrons. The van der Waals surface area contributed by atoms with E-state index in [0.29, 0.717) is 24.5 Å². The SMILES string of the molecule is CCOc1cc2c(cc1CNC(=O)COc1cccc(C#N)c1)O[C@@H](C)C2. The average Bonchev–Trinajstić information content (AvgIpc) is 3.03. The van der Waals surface area contributed by atoms with Crippen LogP contribution in [0.5, 0.6) is 17.2 Å². The maximum absolute atomic E-state index is 12.1. The molecule has 1 N–H and O–H groups in total. The molecule has 0 saturated carbocycles. The number of carbonyl (C=O) groups is 1. The first-order valence-corrected chi connectivity index (χ1v) is 8.94. The summed E-state index contributed by atoms with van der Waals surface area (Å²) in [5.41, 5.74) is 2.48. The fourth-order valence-electron chi connectivity index (χ4n) is 2.96. The first-order chi connectivity index (χ1) is 13.1. The van der Waals surface area contributed by atoms with Gasteiger partial charge in [-0.05, 0) is 44.2 Å². The third-order valence-electron chi connectivity index (χ3n) is 4.19. The Morgan fingerprint density at radius 2 is 2.19 bits per heavy atom. The van der Waals surface area contributed by atoms with Gasteiger partial charge in [-0.1, -0.05) is 6.07 Å². The standard InChI is InChI=1S/C21H22N2O4/c1-3-25-19-9-16-7-14(2)27-20(16)10-17(19)12-23-21(24)13-26-18-6-4-5-15(8-18)11-22/h4-6,8-10,14H,3,7,12-13H2,1-2H3,(H,23,24)/t14-/m0/s1. The zero-order valence-electron chi connectivity index (χ0n) is 15.5. The van der Waals surface area contributed by atoms with E-state index in [1.807, 2.05) is 32.0 Å². The number of carbonyl (C=O) groups excluding carboxylic acids is 1. The zero-order chi connectivity index (χ0) is 19.2. The van der Waals surface area contributed by atoms with Crippen LogP contribution in [0.3, 0.4) is 0 Å². The minimum absolute atomic E-state index is 0.128. The molecule has 0 saturated heterocycles. The number of amides is 1. The normalized spacial score (nSPS) is 14.6. The second-order valence-electron chi connectivity index (χ2n) is 6.34. The molecule has 0 fully saturated rings. The highest BCUT2D eigenvalue weighted by atomic mass is 16.5. The van der Waals surface area contributed by atoms with Crippen LogP contribution < -0.4 is 19.5 Å². The van der Waals surface area contributed by atoms with Crippen LogP contribution in [-0.2, 0) is 17.8 Å². The summed E-state index contributed by atoms with van der Waals surface area (Å²) in [5.74, 6) is 1.84. The van der Waals surface area contributed by atoms with Crippen LogP contribution in [0.1, 0.15) is 30.5 Å². The fourth-order valence-corrected chi connectivity index (χ4v) is 2.96. The lowest BCUT2D eigenvalue weighted by molar-refractivity contribution is -0.123. The summed E-state index contributed by atoms with van der Waals surface area (Å²) in [4.78, 5) is 12.1. The quantitative estimate of drug-likeness (QED) is 0.815. The van der Waals surface area contributed by atoms with Crippen molar-refractivity contribution in [1.29, 1.82) is 5.26 Å². The van der Waals surface area contributed by atoms with Crippen LogP contribution in [-0.4, -0.2) is 25.2 Å². The Bertz CT molecular complexity index is 873. The highest BCUT2D eigenvalue weighted by Crippen LogP contribution is 2.35. The number of benzene rings is 2. The first kappa shape index (κ1) is 18.6. The van der Waals surface area contributed by atoms with E-state index in [-0.39, 0.29) is 18.6 Å². The van der Waals surface area contributed by atoms with Crippen LogP contribution in [0.4, 0.5) is 0 Å². The van der Waals surface area contributed by atoms with E-state index >= 15 is 0 Å². The molecule has 1 amide bonds.